The van der Waals surface area contributed by atoms with Gasteiger partial charge in [0, 0.05) is 10.7 Å². The molecule has 92 valence electrons. The van der Waals surface area contributed by atoms with E-state index in [-0.39, 0.29) is 10.6 Å². The summed E-state index contributed by atoms with van der Waals surface area (Å²) in [4.78, 5) is 15.9. The van der Waals surface area contributed by atoms with Crippen molar-refractivity contribution < 1.29 is 9.18 Å². The van der Waals surface area contributed by atoms with Crippen LogP contribution >= 0.6 is 27.5 Å². The predicted octanol–water partition coefficient (Wildman–Crippen LogP) is 3.89. The normalized spacial score (nSPS) is 10.2. The number of hydrogen-bond donors (Lipinski definition) is 1. The molecule has 0 aliphatic heterocycles. The average Bonchev–Trinajstić information content (AvgIpc) is 2.28. The van der Waals surface area contributed by atoms with E-state index in [2.05, 4.69) is 26.2 Å². The number of nitrogens with one attached hydrogen (secondary N) is 1. The maximum atomic E-state index is 12.9. The molecule has 0 aliphatic rings. The van der Waals surface area contributed by atoms with Crippen molar-refractivity contribution in [3.63, 3.8) is 0 Å². The summed E-state index contributed by atoms with van der Waals surface area (Å²) < 4.78 is 13.6. The summed E-state index contributed by atoms with van der Waals surface area (Å²) in [7, 11) is 0. The molecule has 2 rings (SSSR count). The number of carbonyl (C=O) groups excluding carboxylic acids is 1. The Morgan fingerprint density at radius 2 is 2.11 bits per heavy atom. The molecule has 1 aromatic heterocycles. The van der Waals surface area contributed by atoms with Crippen LogP contribution in [0.5, 0.6) is 0 Å². The van der Waals surface area contributed by atoms with E-state index in [1.807, 2.05) is 0 Å². The summed E-state index contributed by atoms with van der Waals surface area (Å²) in [6, 6.07) is 6.97. The monoisotopic (exact) mass is 328 g/mol. The zero-order chi connectivity index (χ0) is 13.1. The van der Waals surface area contributed by atoms with E-state index in [9.17, 15) is 9.18 Å². The predicted molar refractivity (Wildman–Crippen MR) is 71.3 cm³/mol. The highest BCUT2D eigenvalue weighted by Gasteiger charge is 2.11. The van der Waals surface area contributed by atoms with Gasteiger partial charge in [0.05, 0.1) is 10.6 Å². The SMILES string of the molecule is O=C(Nc1cc(Br)ccn1)c1ccc(F)cc1Cl. The highest BCUT2D eigenvalue weighted by molar-refractivity contribution is 9.10. The van der Waals surface area contributed by atoms with Crippen molar-refractivity contribution in [2.75, 3.05) is 5.32 Å². The number of anilines is 1. The molecule has 0 unspecified atom stereocenters. The quantitative estimate of drug-likeness (QED) is 0.908. The highest BCUT2D eigenvalue weighted by atomic mass is 79.9. The summed E-state index contributed by atoms with van der Waals surface area (Å²) in [5, 5.41) is 2.63. The largest absolute Gasteiger partial charge is 0.306 e. The van der Waals surface area contributed by atoms with E-state index >= 15 is 0 Å². The van der Waals surface area contributed by atoms with Crippen LogP contribution < -0.4 is 5.32 Å². The van der Waals surface area contributed by atoms with E-state index in [1.165, 1.54) is 12.1 Å². The van der Waals surface area contributed by atoms with Crippen molar-refractivity contribution in [3.8, 4) is 0 Å². The van der Waals surface area contributed by atoms with Crippen molar-refractivity contribution in [1.29, 1.82) is 0 Å². The minimum Gasteiger partial charge on any atom is -0.306 e. The van der Waals surface area contributed by atoms with E-state index in [1.54, 1.807) is 18.3 Å². The molecular formula is C12H7BrClFN2O. The van der Waals surface area contributed by atoms with Crippen molar-refractivity contribution in [3.05, 3.63) is 57.4 Å². The number of nitrogens with zero attached hydrogens (tertiary/aromatic N) is 1. The molecule has 0 atom stereocenters. The van der Waals surface area contributed by atoms with Gasteiger partial charge in [-0.15, -0.1) is 0 Å². The Hall–Kier alpha value is -1.46. The van der Waals surface area contributed by atoms with Gasteiger partial charge in [-0.2, -0.15) is 0 Å². The molecule has 3 nitrogen and oxygen atoms in total. The number of pyridine rings is 1. The van der Waals surface area contributed by atoms with Gasteiger partial charge in [-0.3, -0.25) is 4.79 Å². The van der Waals surface area contributed by atoms with Crippen molar-refractivity contribution in [2.45, 2.75) is 0 Å². The molecule has 0 saturated carbocycles. The van der Waals surface area contributed by atoms with Crippen LogP contribution in [0, 0.1) is 5.82 Å². The third-order valence-corrected chi connectivity index (χ3v) is 2.95. The molecule has 1 N–H and O–H groups in total. The van der Waals surface area contributed by atoms with Crippen LogP contribution in [0.15, 0.2) is 41.0 Å². The number of carbonyl (C=O) groups is 1. The van der Waals surface area contributed by atoms with Gasteiger partial charge in [0.25, 0.3) is 5.91 Å². The molecule has 18 heavy (non-hydrogen) atoms. The fourth-order valence-corrected chi connectivity index (χ4v) is 1.92. The maximum Gasteiger partial charge on any atom is 0.258 e. The molecule has 0 radical (unpaired) electrons. The zero-order valence-corrected chi connectivity index (χ0v) is 11.3. The Balaban J connectivity index is 2.22. The standard InChI is InChI=1S/C12H7BrClFN2O/c13-7-3-4-16-11(5-7)17-12(18)9-2-1-8(15)6-10(9)14/h1-6H,(H,16,17,18). The van der Waals surface area contributed by atoms with Gasteiger partial charge >= 0.3 is 0 Å². The lowest BCUT2D eigenvalue weighted by atomic mass is 10.2. The van der Waals surface area contributed by atoms with Gasteiger partial charge in [0.2, 0.25) is 0 Å². The first-order valence-corrected chi connectivity index (χ1v) is 6.11. The van der Waals surface area contributed by atoms with Crippen LogP contribution in [0.3, 0.4) is 0 Å². The van der Waals surface area contributed by atoms with E-state index in [4.69, 9.17) is 11.6 Å². The van der Waals surface area contributed by atoms with Crippen LogP contribution in [0.4, 0.5) is 10.2 Å². The van der Waals surface area contributed by atoms with Crippen molar-refractivity contribution in [2.24, 2.45) is 0 Å². The van der Waals surface area contributed by atoms with E-state index in [0.717, 1.165) is 10.5 Å². The first-order chi connectivity index (χ1) is 8.56. The smallest absolute Gasteiger partial charge is 0.258 e. The molecule has 0 aliphatic carbocycles. The minimum atomic E-state index is -0.489. The second-order valence-corrected chi connectivity index (χ2v) is 4.76. The van der Waals surface area contributed by atoms with Crippen molar-refractivity contribution in [1.82, 2.24) is 4.98 Å². The summed E-state index contributed by atoms with van der Waals surface area (Å²) in [5.74, 6) is -0.544. The fourth-order valence-electron chi connectivity index (χ4n) is 1.33. The lowest BCUT2D eigenvalue weighted by Gasteiger charge is -2.06. The number of rotatable bonds is 2. The molecule has 0 spiro atoms. The van der Waals surface area contributed by atoms with Gasteiger partial charge in [-0.05, 0) is 30.3 Å². The number of aromatic nitrogens is 1. The maximum absolute atomic E-state index is 12.9. The summed E-state index contributed by atoms with van der Waals surface area (Å²) >= 11 is 9.06. The number of benzene rings is 1. The minimum absolute atomic E-state index is 0.0579. The Morgan fingerprint density at radius 1 is 1.33 bits per heavy atom. The van der Waals surface area contributed by atoms with Gasteiger partial charge in [0.1, 0.15) is 11.6 Å². The molecule has 1 amide bonds. The molecular weight excluding hydrogens is 322 g/mol. The molecule has 2 aromatic rings. The first-order valence-electron chi connectivity index (χ1n) is 4.94. The highest BCUT2D eigenvalue weighted by Crippen LogP contribution is 2.19. The third-order valence-electron chi connectivity index (χ3n) is 2.14. The molecule has 0 saturated heterocycles. The Kier molecular flexibility index (Phi) is 3.93. The lowest BCUT2D eigenvalue weighted by Crippen LogP contribution is -2.13. The van der Waals surface area contributed by atoms with Gasteiger partial charge < -0.3 is 5.32 Å². The second-order valence-electron chi connectivity index (χ2n) is 3.44. The molecule has 1 heterocycles. The van der Waals surface area contributed by atoms with Gasteiger partial charge in [-0.1, -0.05) is 27.5 Å². The third kappa shape index (κ3) is 3.05. The zero-order valence-electron chi connectivity index (χ0n) is 8.95. The summed E-state index contributed by atoms with van der Waals surface area (Å²) in [6.45, 7) is 0. The molecule has 0 fully saturated rings. The van der Waals surface area contributed by atoms with E-state index < -0.39 is 11.7 Å². The fraction of sp³-hybridized carbons (Fsp3) is 0. The molecule has 1 aromatic carbocycles. The topological polar surface area (TPSA) is 42.0 Å². The van der Waals surface area contributed by atoms with Crippen LogP contribution in [-0.2, 0) is 0 Å². The average molecular weight is 330 g/mol. The Morgan fingerprint density at radius 3 is 2.78 bits per heavy atom. The molecule has 0 bridgehead atoms. The number of hydrogen-bond acceptors (Lipinski definition) is 2. The number of halogens is 3. The second kappa shape index (κ2) is 5.46. The van der Waals surface area contributed by atoms with E-state index in [0.29, 0.717) is 5.82 Å². The van der Waals surface area contributed by atoms with Crippen LogP contribution in [0.25, 0.3) is 0 Å². The van der Waals surface area contributed by atoms with Crippen LogP contribution in [0.2, 0.25) is 5.02 Å². The van der Waals surface area contributed by atoms with Crippen LogP contribution in [0.1, 0.15) is 10.4 Å². The summed E-state index contributed by atoms with van der Waals surface area (Å²) in [5.41, 5.74) is 0.194. The lowest BCUT2D eigenvalue weighted by molar-refractivity contribution is 0.102. The number of amides is 1. The Bertz CT molecular complexity index is 606. The van der Waals surface area contributed by atoms with Gasteiger partial charge in [0.15, 0.2) is 0 Å². The van der Waals surface area contributed by atoms with Crippen LogP contribution in [-0.4, -0.2) is 10.9 Å². The summed E-state index contributed by atoms with van der Waals surface area (Å²) in [6.07, 6.45) is 1.55. The van der Waals surface area contributed by atoms with Gasteiger partial charge in [-0.25, -0.2) is 9.37 Å². The van der Waals surface area contributed by atoms with Crippen molar-refractivity contribution >= 4 is 39.3 Å². The molecule has 6 heteroatoms. The Labute approximate surface area is 116 Å². The first kappa shape index (κ1) is 13.0.